The highest BCUT2D eigenvalue weighted by atomic mass is 16.5. The third-order valence-corrected chi connectivity index (χ3v) is 5.81. The maximum absolute atomic E-state index is 12.2. The second-order valence-corrected chi connectivity index (χ2v) is 9.13. The Balaban J connectivity index is 1.97. The average molecular weight is 450 g/mol. The number of nitrogens with one attached hydrogen (secondary N) is 1. The fourth-order valence-corrected chi connectivity index (χ4v) is 3.94. The zero-order valence-corrected chi connectivity index (χ0v) is 20.5. The summed E-state index contributed by atoms with van der Waals surface area (Å²) < 4.78 is 4.95. The van der Waals surface area contributed by atoms with Crippen LogP contribution in [-0.2, 0) is 4.79 Å². The molecule has 0 saturated heterocycles. The van der Waals surface area contributed by atoms with E-state index < -0.39 is 11.8 Å². The first-order chi connectivity index (χ1) is 15.5. The highest BCUT2D eigenvalue weighted by Crippen LogP contribution is 2.40. The molecule has 0 saturated carbocycles. The Hall–Kier alpha value is -3.34. The molecular weight excluding hydrogens is 414 g/mol. The molecule has 0 aliphatic heterocycles. The van der Waals surface area contributed by atoms with Gasteiger partial charge in [0.05, 0.1) is 7.11 Å². The number of hydrogen-bond acceptors (Lipinski definition) is 4. The van der Waals surface area contributed by atoms with Gasteiger partial charge >= 0.3 is 0 Å². The number of carbonyl (C=O) groups excluding carboxylic acids is 2. The molecule has 5 nitrogen and oxygen atoms in total. The smallest absolute Gasteiger partial charge is 0.258 e. The van der Waals surface area contributed by atoms with Crippen molar-refractivity contribution in [3.8, 4) is 11.5 Å². The van der Waals surface area contributed by atoms with Crippen LogP contribution in [0.2, 0.25) is 0 Å². The molecular formula is C28H35NO4. The lowest BCUT2D eigenvalue weighted by atomic mass is 9.72. The summed E-state index contributed by atoms with van der Waals surface area (Å²) in [6.45, 7) is 10.7. The Morgan fingerprint density at radius 1 is 1.15 bits per heavy atom. The maximum Gasteiger partial charge on any atom is 0.258 e. The van der Waals surface area contributed by atoms with Gasteiger partial charge in [-0.1, -0.05) is 55.4 Å². The lowest BCUT2D eigenvalue weighted by Gasteiger charge is -2.32. The summed E-state index contributed by atoms with van der Waals surface area (Å²) in [7, 11) is 1.42. The number of amides is 2. The van der Waals surface area contributed by atoms with Crippen LogP contribution in [-0.4, -0.2) is 24.0 Å². The number of hydrogen-bond donors (Lipinski definition) is 2. The summed E-state index contributed by atoms with van der Waals surface area (Å²) in [5.41, 5.74) is 5.09. The topological polar surface area (TPSA) is 75.6 Å². The minimum Gasteiger partial charge on any atom is -0.504 e. The predicted octanol–water partition coefficient (Wildman–Crippen LogP) is 6.19. The molecule has 1 aromatic carbocycles. The Kier molecular flexibility index (Phi) is 9.03. The van der Waals surface area contributed by atoms with Gasteiger partial charge in [-0.15, -0.1) is 0 Å². The number of imide groups is 1. The second kappa shape index (κ2) is 11.5. The summed E-state index contributed by atoms with van der Waals surface area (Å²) in [6.07, 6.45) is 15.0. The zero-order chi connectivity index (χ0) is 24.6. The van der Waals surface area contributed by atoms with E-state index >= 15 is 0 Å². The van der Waals surface area contributed by atoms with Crippen LogP contribution in [0.15, 0.2) is 76.9 Å². The summed E-state index contributed by atoms with van der Waals surface area (Å²) >= 11 is 0. The van der Waals surface area contributed by atoms with Gasteiger partial charge in [0, 0.05) is 11.6 Å². The van der Waals surface area contributed by atoms with Crippen molar-refractivity contribution in [1.29, 1.82) is 0 Å². The first-order valence-electron chi connectivity index (χ1n) is 11.2. The van der Waals surface area contributed by atoms with Gasteiger partial charge < -0.3 is 9.84 Å². The molecule has 2 rings (SSSR count). The number of aromatic hydroxyl groups is 1. The van der Waals surface area contributed by atoms with E-state index in [0.717, 1.165) is 5.57 Å². The standard InChI is InChI=1S/C28H35NO4/c1-19(12-14-23-21(3)11-8-16-28(23,4)5)9-7-10-20(2)17-26(31)29-27(32)22-13-15-25(33-6)24(30)18-22/h7,9-10,12-15,17-18,30H,8,11,16H2,1-6H3,(H,29,31,32)/b10-7+,14-12+,19-9+,20-17+. The number of carbonyl (C=O) groups is 2. The summed E-state index contributed by atoms with van der Waals surface area (Å²) in [6, 6.07) is 4.20. The van der Waals surface area contributed by atoms with Crippen LogP contribution in [0, 0.1) is 5.41 Å². The van der Waals surface area contributed by atoms with Crippen LogP contribution >= 0.6 is 0 Å². The van der Waals surface area contributed by atoms with Crippen LogP contribution in [0.1, 0.15) is 64.2 Å². The predicted molar refractivity (Wildman–Crippen MR) is 133 cm³/mol. The van der Waals surface area contributed by atoms with Gasteiger partial charge in [0.15, 0.2) is 11.5 Å². The Morgan fingerprint density at radius 2 is 1.88 bits per heavy atom. The van der Waals surface area contributed by atoms with Crippen molar-refractivity contribution in [3.63, 3.8) is 0 Å². The number of phenols is 1. The average Bonchev–Trinajstić information content (AvgIpc) is 2.72. The van der Waals surface area contributed by atoms with Crippen molar-refractivity contribution in [3.05, 3.63) is 82.5 Å². The molecule has 1 aromatic rings. The van der Waals surface area contributed by atoms with Gasteiger partial charge in [-0.05, 0) is 74.8 Å². The van der Waals surface area contributed by atoms with Crippen LogP contribution < -0.4 is 10.1 Å². The summed E-state index contributed by atoms with van der Waals surface area (Å²) in [5, 5.41) is 12.1. The summed E-state index contributed by atoms with van der Waals surface area (Å²) in [4.78, 5) is 24.4. The van der Waals surface area contributed by atoms with E-state index in [9.17, 15) is 14.7 Å². The Labute approximate surface area is 197 Å². The Morgan fingerprint density at radius 3 is 2.52 bits per heavy atom. The van der Waals surface area contributed by atoms with E-state index in [-0.39, 0.29) is 22.5 Å². The minimum atomic E-state index is -0.595. The largest absolute Gasteiger partial charge is 0.504 e. The van der Waals surface area contributed by atoms with Gasteiger partial charge in [0.25, 0.3) is 11.8 Å². The van der Waals surface area contributed by atoms with Crippen LogP contribution in [0.4, 0.5) is 0 Å². The van der Waals surface area contributed by atoms with Gasteiger partial charge in [-0.25, -0.2) is 0 Å². The molecule has 0 atom stereocenters. The molecule has 2 amide bonds. The highest BCUT2D eigenvalue weighted by molar-refractivity contribution is 6.08. The number of phenolic OH excluding ortho intramolecular Hbond substituents is 1. The van der Waals surface area contributed by atoms with E-state index in [1.54, 1.807) is 6.92 Å². The number of rotatable bonds is 7. The quantitative estimate of drug-likeness (QED) is 0.384. The van der Waals surface area contributed by atoms with Gasteiger partial charge in [-0.3, -0.25) is 14.9 Å². The van der Waals surface area contributed by atoms with Crippen molar-refractivity contribution in [2.45, 2.75) is 53.9 Å². The summed E-state index contributed by atoms with van der Waals surface area (Å²) in [5.74, 6) is -1.03. The molecule has 0 heterocycles. The molecule has 0 unspecified atom stereocenters. The van der Waals surface area contributed by atoms with Crippen molar-refractivity contribution < 1.29 is 19.4 Å². The number of methoxy groups -OCH3 is 1. The van der Waals surface area contributed by atoms with E-state index in [4.69, 9.17) is 4.74 Å². The molecule has 2 N–H and O–H groups in total. The molecule has 33 heavy (non-hydrogen) atoms. The van der Waals surface area contributed by atoms with Crippen molar-refractivity contribution in [1.82, 2.24) is 5.32 Å². The second-order valence-electron chi connectivity index (χ2n) is 9.13. The van der Waals surface area contributed by atoms with Crippen LogP contribution in [0.3, 0.4) is 0 Å². The van der Waals surface area contributed by atoms with Gasteiger partial charge in [0.2, 0.25) is 0 Å². The van der Waals surface area contributed by atoms with Crippen LogP contribution in [0.5, 0.6) is 11.5 Å². The van der Waals surface area contributed by atoms with Crippen molar-refractivity contribution in [2.75, 3.05) is 7.11 Å². The van der Waals surface area contributed by atoms with Gasteiger partial charge in [0.1, 0.15) is 0 Å². The van der Waals surface area contributed by atoms with E-state index in [2.05, 4.69) is 38.2 Å². The maximum atomic E-state index is 12.2. The highest BCUT2D eigenvalue weighted by Gasteiger charge is 2.26. The van der Waals surface area contributed by atoms with Crippen LogP contribution in [0.25, 0.3) is 0 Å². The monoisotopic (exact) mass is 449 g/mol. The molecule has 176 valence electrons. The van der Waals surface area contributed by atoms with E-state index in [1.807, 2.05) is 25.2 Å². The lowest BCUT2D eigenvalue weighted by Crippen LogP contribution is -2.29. The van der Waals surface area contributed by atoms with E-state index in [1.165, 1.54) is 61.8 Å². The molecule has 1 aliphatic carbocycles. The van der Waals surface area contributed by atoms with Gasteiger partial charge in [-0.2, -0.15) is 0 Å². The minimum absolute atomic E-state index is 0.165. The number of ether oxygens (including phenoxy) is 1. The molecule has 1 aliphatic rings. The fourth-order valence-electron chi connectivity index (χ4n) is 3.94. The first kappa shape index (κ1) is 25.9. The third kappa shape index (κ3) is 7.63. The zero-order valence-electron chi connectivity index (χ0n) is 20.5. The SMILES string of the molecule is COc1ccc(C(=O)NC(=O)/C=C(C)/C=C/C=C(C)/C=C/C2=C(C)CCCC2(C)C)cc1O. The number of benzene rings is 1. The van der Waals surface area contributed by atoms with Crippen molar-refractivity contribution in [2.24, 2.45) is 5.41 Å². The molecule has 5 heteroatoms. The normalized spacial score (nSPS) is 17.0. The molecule has 0 bridgehead atoms. The fraction of sp³-hybridized carbons (Fsp3) is 0.357. The molecule has 0 spiro atoms. The third-order valence-electron chi connectivity index (χ3n) is 5.81. The van der Waals surface area contributed by atoms with Crippen molar-refractivity contribution >= 4 is 11.8 Å². The molecule has 0 radical (unpaired) electrons. The van der Waals surface area contributed by atoms with E-state index in [0.29, 0.717) is 5.57 Å². The lowest BCUT2D eigenvalue weighted by molar-refractivity contribution is -0.115. The molecule has 0 aromatic heterocycles. The molecule has 0 fully saturated rings. The first-order valence-corrected chi connectivity index (χ1v) is 11.2. The number of allylic oxidation sites excluding steroid dienone is 9. The Bertz CT molecular complexity index is 1050.